The maximum Gasteiger partial charge on any atom is 0.417 e. The summed E-state index contributed by atoms with van der Waals surface area (Å²) in [6, 6.07) is 18.2. The van der Waals surface area contributed by atoms with Crippen molar-refractivity contribution in [3.8, 4) is 17.0 Å². The quantitative estimate of drug-likeness (QED) is 0.627. The van der Waals surface area contributed by atoms with E-state index in [1.54, 1.807) is 0 Å². The van der Waals surface area contributed by atoms with Crippen LogP contribution in [0, 0.1) is 0 Å². The van der Waals surface area contributed by atoms with Crippen LogP contribution in [0.15, 0.2) is 66.9 Å². The molecular weight excluding hydrogens is 379 g/mol. The molecule has 1 fully saturated rings. The summed E-state index contributed by atoms with van der Waals surface area (Å²) in [6.07, 6.45) is -3.03. The third-order valence-corrected chi connectivity index (χ3v) is 4.97. The highest BCUT2D eigenvalue weighted by atomic mass is 19.4. The monoisotopic (exact) mass is 399 g/mol. The Hall–Kier alpha value is -3.22. The van der Waals surface area contributed by atoms with Gasteiger partial charge in [0.2, 0.25) is 5.88 Å². The highest BCUT2D eigenvalue weighted by Crippen LogP contribution is 2.33. The molecule has 0 aliphatic carbocycles. The van der Waals surface area contributed by atoms with Crippen molar-refractivity contribution in [1.29, 1.82) is 0 Å². The Labute approximate surface area is 166 Å². The molecule has 29 heavy (non-hydrogen) atoms. The molecule has 1 aliphatic heterocycles. The van der Waals surface area contributed by atoms with Crippen molar-refractivity contribution < 1.29 is 17.9 Å². The van der Waals surface area contributed by atoms with Crippen LogP contribution < -0.4 is 15.4 Å². The van der Waals surface area contributed by atoms with Gasteiger partial charge in [0.1, 0.15) is 6.10 Å². The number of anilines is 2. The van der Waals surface area contributed by atoms with Gasteiger partial charge < -0.3 is 15.4 Å². The first-order chi connectivity index (χ1) is 13.9. The van der Waals surface area contributed by atoms with Crippen LogP contribution >= 0.6 is 0 Å². The third-order valence-electron chi connectivity index (χ3n) is 4.97. The van der Waals surface area contributed by atoms with Gasteiger partial charge in [-0.1, -0.05) is 36.4 Å². The Morgan fingerprint density at radius 1 is 1.00 bits per heavy atom. The molecule has 1 aromatic heterocycles. The smallest absolute Gasteiger partial charge is 0.417 e. The second-order valence-electron chi connectivity index (χ2n) is 7.00. The van der Waals surface area contributed by atoms with Crippen molar-refractivity contribution in [1.82, 2.24) is 4.98 Å². The Balaban J connectivity index is 1.42. The predicted molar refractivity (Wildman–Crippen MR) is 107 cm³/mol. The van der Waals surface area contributed by atoms with Crippen LogP contribution in [0.5, 0.6) is 5.88 Å². The minimum absolute atomic E-state index is 0.160. The first-order valence-electron chi connectivity index (χ1n) is 9.30. The molecule has 3 aromatic rings. The van der Waals surface area contributed by atoms with Crippen molar-refractivity contribution in [3.63, 3.8) is 0 Å². The molecule has 1 saturated heterocycles. The second kappa shape index (κ2) is 7.66. The van der Waals surface area contributed by atoms with Gasteiger partial charge in [-0.2, -0.15) is 13.2 Å². The zero-order chi connectivity index (χ0) is 20.4. The summed E-state index contributed by atoms with van der Waals surface area (Å²) in [7, 11) is 0. The van der Waals surface area contributed by atoms with Crippen LogP contribution in [-0.4, -0.2) is 24.2 Å². The molecule has 7 heteroatoms. The fourth-order valence-corrected chi connectivity index (χ4v) is 3.48. The van der Waals surface area contributed by atoms with Crippen LogP contribution in [0.4, 0.5) is 24.5 Å². The molecule has 0 radical (unpaired) electrons. The SMILES string of the molecule is Nc1cc(-c2ccccc2)ccc1N1CC[C@H](Oc2ccc(C(F)(F)F)cn2)C1. The molecule has 0 unspecified atom stereocenters. The Morgan fingerprint density at radius 2 is 1.79 bits per heavy atom. The van der Waals surface area contributed by atoms with E-state index in [2.05, 4.69) is 9.88 Å². The van der Waals surface area contributed by atoms with E-state index in [9.17, 15) is 13.2 Å². The largest absolute Gasteiger partial charge is 0.472 e. The average Bonchev–Trinajstić information content (AvgIpc) is 3.16. The molecule has 4 rings (SSSR count). The number of alkyl halides is 3. The molecule has 2 aromatic carbocycles. The molecule has 0 saturated carbocycles. The molecule has 150 valence electrons. The minimum Gasteiger partial charge on any atom is -0.472 e. The number of nitrogens with zero attached hydrogens (tertiary/aromatic N) is 2. The molecule has 2 heterocycles. The Kier molecular flexibility index (Phi) is 5.05. The van der Waals surface area contributed by atoms with Gasteiger partial charge in [0.25, 0.3) is 0 Å². The lowest BCUT2D eigenvalue weighted by molar-refractivity contribution is -0.137. The number of ether oxygens (including phenoxy) is 1. The van der Waals surface area contributed by atoms with Crippen LogP contribution in [0.1, 0.15) is 12.0 Å². The van der Waals surface area contributed by atoms with E-state index < -0.39 is 11.7 Å². The molecule has 1 atom stereocenters. The lowest BCUT2D eigenvalue weighted by Gasteiger charge is -2.21. The summed E-state index contributed by atoms with van der Waals surface area (Å²) < 4.78 is 43.7. The highest BCUT2D eigenvalue weighted by molar-refractivity contribution is 5.76. The van der Waals surface area contributed by atoms with Gasteiger partial charge >= 0.3 is 6.18 Å². The summed E-state index contributed by atoms with van der Waals surface area (Å²) in [5.41, 5.74) is 9.26. The zero-order valence-electron chi connectivity index (χ0n) is 15.6. The number of rotatable bonds is 4. The minimum atomic E-state index is -4.40. The van der Waals surface area contributed by atoms with Gasteiger partial charge in [-0.3, -0.25) is 0 Å². The van der Waals surface area contributed by atoms with Crippen LogP contribution in [0.25, 0.3) is 11.1 Å². The van der Waals surface area contributed by atoms with Gasteiger partial charge in [-0.25, -0.2) is 4.98 Å². The molecule has 0 spiro atoms. The summed E-state index contributed by atoms with van der Waals surface area (Å²) in [6.45, 7) is 1.35. The lowest BCUT2D eigenvalue weighted by Crippen LogP contribution is -2.25. The number of hydrogen-bond donors (Lipinski definition) is 1. The van der Waals surface area contributed by atoms with E-state index in [0.717, 1.165) is 42.0 Å². The fraction of sp³-hybridized carbons (Fsp3) is 0.227. The van der Waals surface area contributed by atoms with Gasteiger partial charge in [0.15, 0.2) is 0 Å². The topological polar surface area (TPSA) is 51.4 Å². The lowest BCUT2D eigenvalue weighted by atomic mass is 10.0. The highest BCUT2D eigenvalue weighted by Gasteiger charge is 2.31. The van der Waals surface area contributed by atoms with E-state index in [1.165, 1.54) is 6.07 Å². The maximum atomic E-state index is 12.6. The van der Waals surface area contributed by atoms with Crippen molar-refractivity contribution >= 4 is 11.4 Å². The summed E-state index contributed by atoms with van der Waals surface area (Å²) in [5, 5.41) is 0. The van der Waals surface area contributed by atoms with Gasteiger partial charge in [0, 0.05) is 25.2 Å². The first-order valence-corrected chi connectivity index (χ1v) is 9.30. The van der Waals surface area contributed by atoms with Crippen molar-refractivity contribution in [2.45, 2.75) is 18.7 Å². The molecule has 0 amide bonds. The standard InChI is InChI=1S/C22H20F3N3O/c23-22(24,25)17-7-9-21(27-13-17)29-18-10-11-28(14-18)20-8-6-16(12-19(20)26)15-4-2-1-3-5-15/h1-9,12-13,18H,10-11,14,26H2/t18-/m0/s1. The molecule has 4 nitrogen and oxygen atoms in total. The number of benzene rings is 2. The normalized spacial score (nSPS) is 16.8. The number of nitrogen functional groups attached to an aromatic ring is 1. The van der Waals surface area contributed by atoms with E-state index in [4.69, 9.17) is 10.5 Å². The number of pyridine rings is 1. The summed E-state index contributed by atoms with van der Waals surface area (Å²) in [4.78, 5) is 5.91. The van der Waals surface area contributed by atoms with E-state index in [-0.39, 0.29) is 12.0 Å². The third kappa shape index (κ3) is 4.29. The number of halogens is 3. The number of nitrogens with two attached hydrogens (primary N) is 1. The summed E-state index contributed by atoms with van der Waals surface area (Å²) in [5.74, 6) is 0.192. The number of hydrogen-bond acceptors (Lipinski definition) is 4. The Morgan fingerprint density at radius 3 is 2.45 bits per heavy atom. The van der Waals surface area contributed by atoms with Crippen molar-refractivity contribution in [2.75, 3.05) is 23.7 Å². The molecule has 0 bridgehead atoms. The van der Waals surface area contributed by atoms with Crippen LogP contribution in [-0.2, 0) is 6.18 Å². The number of aromatic nitrogens is 1. The van der Waals surface area contributed by atoms with Crippen molar-refractivity contribution in [3.05, 3.63) is 72.4 Å². The zero-order valence-corrected chi connectivity index (χ0v) is 15.6. The first kappa shape index (κ1) is 19.1. The van der Waals surface area contributed by atoms with Crippen molar-refractivity contribution in [2.24, 2.45) is 0 Å². The van der Waals surface area contributed by atoms with E-state index in [0.29, 0.717) is 12.2 Å². The van der Waals surface area contributed by atoms with Gasteiger partial charge in [-0.15, -0.1) is 0 Å². The fourth-order valence-electron chi connectivity index (χ4n) is 3.48. The molecule has 2 N–H and O–H groups in total. The summed E-state index contributed by atoms with van der Waals surface area (Å²) >= 11 is 0. The second-order valence-corrected chi connectivity index (χ2v) is 7.00. The average molecular weight is 399 g/mol. The molecule has 1 aliphatic rings. The Bertz CT molecular complexity index is 975. The van der Waals surface area contributed by atoms with Gasteiger partial charge in [0.05, 0.1) is 23.5 Å². The predicted octanol–water partition coefficient (Wildman–Crippen LogP) is 5.01. The van der Waals surface area contributed by atoms with E-state index >= 15 is 0 Å². The van der Waals surface area contributed by atoms with Crippen LogP contribution in [0.2, 0.25) is 0 Å². The maximum absolute atomic E-state index is 12.6. The van der Waals surface area contributed by atoms with Gasteiger partial charge in [-0.05, 0) is 29.3 Å². The molecular formula is C22H20F3N3O. The van der Waals surface area contributed by atoms with Crippen LogP contribution in [0.3, 0.4) is 0 Å². The van der Waals surface area contributed by atoms with E-state index in [1.807, 2.05) is 48.5 Å².